The van der Waals surface area contributed by atoms with Crippen molar-refractivity contribution in [3.8, 4) is 0 Å². The number of alkyl halides is 3. The molecule has 0 saturated heterocycles. The molecule has 0 amide bonds. The fraction of sp³-hybridized carbons (Fsp3) is 1.00. The number of hydrogen-bond donors (Lipinski definition) is 1. The van der Waals surface area contributed by atoms with Crippen molar-refractivity contribution < 1.29 is 17.9 Å². The van der Waals surface area contributed by atoms with Gasteiger partial charge < -0.3 is 10.1 Å². The summed E-state index contributed by atoms with van der Waals surface area (Å²) in [4.78, 5) is 0. The minimum Gasteiger partial charge on any atom is -0.368 e. The van der Waals surface area contributed by atoms with Crippen LogP contribution in [0.25, 0.3) is 0 Å². The lowest BCUT2D eigenvalue weighted by Gasteiger charge is -2.55. The number of rotatable bonds is 7. The van der Waals surface area contributed by atoms with Crippen LogP contribution in [0.4, 0.5) is 13.2 Å². The highest BCUT2D eigenvalue weighted by Gasteiger charge is 2.53. The molecule has 1 saturated carbocycles. The van der Waals surface area contributed by atoms with E-state index in [4.69, 9.17) is 4.74 Å². The molecule has 1 aliphatic carbocycles. The van der Waals surface area contributed by atoms with E-state index in [1.165, 1.54) is 0 Å². The van der Waals surface area contributed by atoms with E-state index < -0.39 is 12.8 Å². The summed E-state index contributed by atoms with van der Waals surface area (Å²) in [6.07, 6.45) is -1.05. The fourth-order valence-corrected chi connectivity index (χ4v) is 2.98. The van der Waals surface area contributed by atoms with Crippen molar-refractivity contribution in [3.05, 3.63) is 0 Å². The van der Waals surface area contributed by atoms with Gasteiger partial charge in [0.1, 0.15) is 6.61 Å². The second kappa shape index (κ2) is 6.24. The maximum absolute atomic E-state index is 12.2. The molecule has 1 N–H and O–H groups in total. The predicted molar refractivity (Wildman–Crippen MR) is 65.5 cm³/mol. The maximum Gasteiger partial charge on any atom is 0.411 e. The van der Waals surface area contributed by atoms with Crippen LogP contribution in [-0.2, 0) is 4.74 Å². The Bertz CT molecular complexity index is 251. The summed E-state index contributed by atoms with van der Waals surface area (Å²) >= 11 is 0. The van der Waals surface area contributed by atoms with E-state index in [1.807, 2.05) is 13.8 Å². The summed E-state index contributed by atoms with van der Waals surface area (Å²) in [7, 11) is 0. The zero-order valence-corrected chi connectivity index (χ0v) is 11.4. The lowest BCUT2D eigenvalue weighted by molar-refractivity contribution is -0.224. The van der Waals surface area contributed by atoms with Crippen LogP contribution in [0.5, 0.6) is 0 Å². The van der Waals surface area contributed by atoms with E-state index in [-0.39, 0.29) is 11.5 Å². The van der Waals surface area contributed by atoms with Crippen LogP contribution < -0.4 is 5.32 Å². The Morgan fingerprint density at radius 1 is 1.22 bits per heavy atom. The minimum atomic E-state index is -4.23. The van der Waals surface area contributed by atoms with Gasteiger partial charge in [-0.05, 0) is 32.2 Å². The van der Waals surface area contributed by atoms with E-state index in [2.05, 4.69) is 12.2 Å². The molecule has 1 fully saturated rings. The second-order valence-electron chi connectivity index (χ2n) is 5.10. The highest BCUT2D eigenvalue weighted by Crippen LogP contribution is 2.49. The molecule has 2 nitrogen and oxygen atoms in total. The molecular weight excluding hydrogens is 243 g/mol. The smallest absolute Gasteiger partial charge is 0.368 e. The number of halogens is 3. The molecule has 0 spiro atoms. The first-order valence-corrected chi connectivity index (χ1v) is 6.81. The van der Waals surface area contributed by atoms with Gasteiger partial charge in [-0.1, -0.05) is 20.8 Å². The first-order valence-electron chi connectivity index (χ1n) is 6.81. The Balaban J connectivity index is 2.55. The van der Waals surface area contributed by atoms with Gasteiger partial charge >= 0.3 is 6.18 Å². The van der Waals surface area contributed by atoms with E-state index in [1.54, 1.807) is 0 Å². The molecule has 0 radical (unpaired) electrons. The molecule has 0 heterocycles. The molecule has 18 heavy (non-hydrogen) atoms. The van der Waals surface area contributed by atoms with E-state index in [0.29, 0.717) is 12.5 Å². The Hall–Kier alpha value is -0.290. The van der Waals surface area contributed by atoms with Crippen molar-refractivity contribution in [2.24, 2.45) is 5.41 Å². The summed E-state index contributed by atoms with van der Waals surface area (Å²) in [5.74, 6) is 0. The van der Waals surface area contributed by atoms with E-state index >= 15 is 0 Å². The number of ether oxygens (including phenoxy) is 1. The van der Waals surface area contributed by atoms with Gasteiger partial charge in [-0.15, -0.1) is 0 Å². The molecule has 5 heteroatoms. The molecule has 2 unspecified atom stereocenters. The van der Waals surface area contributed by atoms with Crippen molar-refractivity contribution in [2.45, 2.75) is 64.8 Å². The van der Waals surface area contributed by atoms with Crippen molar-refractivity contribution in [3.63, 3.8) is 0 Å². The molecular formula is C13H24F3NO. The highest BCUT2D eigenvalue weighted by molar-refractivity contribution is 5.06. The molecule has 108 valence electrons. The fourth-order valence-electron chi connectivity index (χ4n) is 2.98. The topological polar surface area (TPSA) is 21.3 Å². The summed E-state index contributed by atoms with van der Waals surface area (Å²) in [5.41, 5.74) is -0.125. The monoisotopic (exact) mass is 267 g/mol. The highest BCUT2D eigenvalue weighted by atomic mass is 19.4. The molecule has 0 aromatic carbocycles. The van der Waals surface area contributed by atoms with Gasteiger partial charge in [0, 0.05) is 11.5 Å². The van der Waals surface area contributed by atoms with Gasteiger partial charge in [0.05, 0.1) is 6.10 Å². The quantitative estimate of drug-likeness (QED) is 0.762. The minimum absolute atomic E-state index is 0.125. The first-order chi connectivity index (χ1) is 8.39. The van der Waals surface area contributed by atoms with Gasteiger partial charge in [0.2, 0.25) is 0 Å². The van der Waals surface area contributed by atoms with Crippen molar-refractivity contribution in [1.82, 2.24) is 5.32 Å². The third-order valence-corrected chi connectivity index (χ3v) is 4.19. The van der Waals surface area contributed by atoms with Gasteiger partial charge in [-0.2, -0.15) is 13.2 Å². The number of nitrogens with one attached hydrogen (secondary N) is 1. The first kappa shape index (κ1) is 15.8. The van der Waals surface area contributed by atoms with Crippen LogP contribution in [0.15, 0.2) is 0 Å². The normalized spacial score (nSPS) is 27.0. The predicted octanol–water partition coefficient (Wildman–Crippen LogP) is 3.51. The summed E-state index contributed by atoms with van der Waals surface area (Å²) < 4.78 is 41.7. The summed E-state index contributed by atoms with van der Waals surface area (Å²) in [6.45, 7) is 5.95. The van der Waals surface area contributed by atoms with E-state index in [0.717, 1.165) is 25.8 Å². The SMILES string of the molecule is CCCNC1CC(OCC(F)(F)F)C1(CC)CC. The van der Waals surface area contributed by atoms with E-state index in [9.17, 15) is 13.2 Å². The zero-order valence-electron chi connectivity index (χ0n) is 11.4. The van der Waals surface area contributed by atoms with Crippen molar-refractivity contribution in [2.75, 3.05) is 13.2 Å². The van der Waals surface area contributed by atoms with Crippen LogP contribution in [0.3, 0.4) is 0 Å². The maximum atomic E-state index is 12.2. The molecule has 0 aromatic rings. The van der Waals surface area contributed by atoms with Crippen molar-refractivity contribution in [1.29, 1.82) is 0 Å². The summed E-state index contributed by atoms with van der Waals surface area (Å²) in [6, 6.07) is 0.297. The van der Waals surface area contributed by atoms with Crippen LogP contribution in [-0.4, -0.2) is 31.5 Å². The Kier molecular flexibility index (Phi) is 5.46. The Labute approximate surface area is 107 Å². The molecule has 0 aliphatic heterocycles. The average Bonchev–Trinajstić information content (AvgIpc) is 2.27. The standard InChI is InChI=1S/C13H24F3NO/c1-4-7-17-10-8-11(12(10,5-2)6-3)18-9-13(14,15)16/h10-11,17H,4-9H2,1-3H3. The molecule has 0 aromatic heterocycles. The van der Waals surface area contributed by atoms with Crippen LogP contribution in [0.2, 0.25) is 0 Å². The lowest BCUT2D eigenvalue weighted by Crippen LogP contribution is -2.63. The van der Waals surface area contributed by atoms with Crippen LogP contribution >= 0.6 is 0 Å². The lowest BCUT2D eigenvalue weighted by atomic mass is 9.58. The Morgan fingerprint density at radius 3 is 2.28 bits per heavy atom. The third kappa shape index (κ3) is 3.38. The van der Waals surface area contributed by atoms with Gasteiger partial charge in [-0.25, -0.2) is 0 Å². The van der Waals surface area contributed by atoms with Crippen LogP contribution in [0.1, 0.15) is 46.5 Å². The molecule has 2 atom stereocenters. The van der Waals surface area contributed by atoms with Crippen LogP contribution in [0, 0.1) is 5.41 Å². The van der Waals surface area contributed by atoms with Crippen molar-refractivity contribution >= 4 is 0 Å². The molecule has 0 bridgehead atoms. The Morgan fingerprint density at radius 2 is 1.83 bits per heavy atom. The number of hydrogen-bond acceptors (Lipinski definition) is 2. The third-order valence-electron chi connectivity index (χ3n) is 4.19. The zero-order chi connectivity index (χ0) is 13.8. The second-order valence-corrected chi connectivity index (χ2v) is 5.10. The largest absolute Gasteiger partial charge is 0.411 e. The molecule has 1 rings (SSSR count). The summed E-state index contributed by atoms with van der Waals surface area (Å²) in [5, 5.41) is 3.43. The molecule has 1 aliphatic rings. The average molecular weight is 267 g/mol. The van der Waals surface area contributed by atoms with Gasteiger partial charge in [0.15, 0.2) is 0 Å². The van der Waals surface area contributed by atoms with Gasteiger partial charge in [-0.3, -0.25) is 0 Å². The van der Waals surface area contributed by atoms with Gasteiger partial charge in [0.25, 0.3) is 0 Å².